The fraction of sp³-hybridized carbons (Fsp3) is 0.667. The molecular weight excluding hydrogens is 188 g/mol. The molecule has 3 heteroatoms. The normalized spacial score (nSPS) is 20.4. The first-order valence-corrected chi connectivity index (χ1v) is 5.83. The zero-order chi connectivity index (χ0) is 10.7. The molecule has 1 aromatic rings. The molecule has 1 aliphatic carbocycles. The monoisotopic (exact) mass is 208 g/mol. The number of aryl methyl sites for hydroxylation is 1. The van der Waals surface area contributed by atoms with Crippen LogP contribution in [0.5, 0.6) is 0 Å². The molecule has 15 heavy (non-hydrogen) atoms. The first-order chi connectivity index (χ1) is 7.31. The van der Waals surface area contributed by atoms with E-state index in [1.807, 2.05) is 19.1 Å². The van der Waals surface area contributed by atoms with E-state index in [9.17, 15) is 0 Å². The van der Waals surface area contributed by atoms with Gasteiger partial charge >= 0.3 is 0 Å². The van der Waals surface area contributed by atoms with E-state index in [1.165, 1.54) is 32.1 Å². The maximum absolute atomic E-state index is 5.65. The highest BCUT2D eigenvalue weighted by atomic mass is 16.3. The topological polar surface area (TPSA) is 51.2 Å². The number of nitrogens with two attached hydrogens (primary N) is 1. The molecule has 1 aromatic heterocycles. The summed E-state index contributed by atoms with van der Waals surface area (Å²) >= 11 is 0. The van der Waals surface area contributed by atoms with Gasteiger partial charge < -0.3 is 4.42 Å². The number of hydrogen-bond donors (Lipinski definition) is 2. The highest BCUT2D eigenvalue weighted by molar-refractivity contribution is 5.10. The number of hydrazine groups is 1. The number of hydrogen-bond acceptors (Lipinski definition) is 3. The Kier molecular flexibility index (Phi) is 3.44. The van der Waals surface area contributed by atoms with Crippen LogP contribution in [-0.4, -0.2) is 0 Å². The van der Waals surface area contributed by atoms with Crippen LogP contribution in [0.1, 0.15) is 49.7 Å². The molecule has 0 aromatic carbocycles. The van der Waals surface area contributed by atoms with Crippen LogP contribution in [0.25, 0.3) is 0 Å². The van der Waals surface area contributed by atoms with Gasteiger partial charge in [-0.25, -0.2) is 5.43 Å². The average Bonchev–Trinajstić information content (AvgIpc) is 2.68. The van der Waals surface area contributed by atoms with E-state index in [2.05, 4.69) is 5.43 Å². The lowest BCUT2D eigenvalue weighted by atomic mass is 9.83. The molecule has 1 heterocycles. The Labute approximate surface area is 91.0 Å². The summed E-state index contributed by atoms with van der Waals surface area (Å²) in [6, 6.07) is 4.23. The van der Waals surface area contributed by atoms with Crippen molar-refractivity contribution in [3.63, 3.8) is 0 Å². The molecule has 3 N–H and O–H groups in total. The van der Waals surface area contributed by atoms with E-state index in [-0.39, 0.29) is 6.04 Å². The maximum Gasteiger partial charge on any atom is 0.122 e. The summed E-state index contributed by atoms with van der Waals surface area (Å²) in [6.45, 7) is 1.97. The van der Waals surface area contributed by atoms with Crippen molar-refractivity contribution in [1.82, 2.24) is 5.43 Å². The van der Waals surface area contributed by atoms with Crippen LogP contribution in [0.3, 0.4) is 0 Å². The second-order valence-corrected chi connectivity index (χ2v) is 4.49. The lowest BCUT2D eigenvalue weighted by Crippen LogP contribution is -2.34. The second-order valence-electron chi connectivity index (χ2n) is 4.49. The van der Waals surface area contributed by atoms with Crippen LogP contribution >= 0.6 is 0 Å². The van der Waals surface area contributed by atoms with Gasteiger partial charge in [-0.1, -0.05) is 19.3 Å². The van der Waals surface area contributed by atoms with Gasteiger partial charge in [0.15, 0.2) is 0 Å². The third-order valence-corrected chi connectivity index (χ3v) is 3.37. The van der Waals surface area contributed by atoms with Crippen molar-refractivity contribution < 1.29 is 4.42 Å². The Balaban J connectivity index is 2.08. The summed E-state index contributed by atoms with van der Waals surface area (Å²) in [5, 5.41) is 0. The van der Waals surface area contributed by atoms with Crippen LogP contribution in [-0.2, 0) is 0 Å². The average molecular weight is 208 g/mol. The lowest BCUT2D eigenvalue weighted by molar-refractivity contribution is 0.244. The van der Waals surface area contributed by atoms with E-state index in [0.717, 1.165) is 11.5 Å². The summed E-state index contributed by atoms with van der Waals surface area (Å²) in [5.74, 6) is 8.22. The molecule has 0 amide bonds. The first-order valence-electron chi connectivity index (χ1n) is 5.83. The molecule has 1 aliphatic rings. The Morgan fingerprint density at radius 1 is 1.33 bits per heavy atom. The molecule has 1 fully saturated rings. The van der Waals surface area contributed by atoms with Crippen molar-refractivity contribution in [3.05, 3.63) is 23.7 Å². The van der Waals surface area contributed by atoms with Crippen molar-refractivity contribution >= 4 is 0 Å². The van der Waals surface area contributed by atoms with Crippen molar-refractivity contribution in [2.24, 2.45) is 11.8 Å². The Morgan fingerprint density at radius 3 is 2.60 bits per heavy atom. The summed E-state index contributed by atoms with van der Waals surface area (Å²) in [5.41, 5.74) is 2.91. The van der Waals surface area contributed by atoms with Gasteiger partial charge in [0.25, 0.3) is 0 Å². The summed E-state index contributed by atoms with van der Waals surface area (Å²) in [4.78, 5) is 0. The Hall–Kier alpha value is -0.800. The minimum atomic E-state index is 0.194. The molecule has 1 saturated carbocycles. The zero-order valence-corrected chi connectivity index (χ0v) is 9.33. The van der Waals surface area contributed by atoms with Gasteiger partial charge in [-0.2, -0.15) is 0 Å². The molecule has 1 atom stereocenters. The van der Waals surface area contributed by atoms with Crippen LogP contribution < -0.4 is 11.3 Å². The highest BCUT2D eigenvalue weighted by Gasteiger charge is 2.26. The van der Waals surface area contributed by atoms with Crippen LogP contribution in [0.15, 0.2) is 16.5 Å². The standard InChI is InChI=1S/C12H20N2O/c1-9-7-8-11(15-9)12(14-13)10-5-3-2-4-6-10/h7-8,10,12,14H,2-6,13H2,1H3. The van der Waals surface area contributed by atoms with Crippen LogP contribution in [0.2, 0.25) is 0 Å². The van der Waals surface area contributed by atoms with Crippen molar-refractivity contribution in [3.8, 4) is 0 Å². The number of furan rings is 1. The van der Waals surface area contributed by atoms with Gasteiger partial charge in [-0.15, -0.1) is 0 Å². The highest BCUT2D eigenvalue weighted by Crippen LogP contribution is 2.34. The molecule has 84 valence electrons. The first kappa shape index (κ1) is 10.7. The minimum Gasteiger partial charge on any atom is -0.465 e. The molecular formula is C12H20N2O. The lowest BCUT2D eigenvalue weighted by Gasteiger charge is -2.28. The summed E-state index contributed by atoms with van der Waals surface area (Å²) in [6.07, 6.45) is 6.53. The fourth-order valence-corrected chi connectivity index (χ4v) is 2.54. The van der Waals surface area contributed by atoms with E-state index in [4.69, 9.17) is 10.3 Å². The van der Waals surface area contributed by atoms with Gasteiger partial charge in [-0.3, -0.25) is 5.84 Å². The number of rotatable bonds is 3. The molecule has 3 nitrogen and oxygen atoms in total. The molecule has 0 radical (unpaired) electrons. The van der Waals surface area contributed by atoms with Crippen LogP contribution in [0.4, 0.5) is 0 Å². The molecule has 2 rings (SSSR count). The molecule has 0 bridgehead atoms. The Morgan fingerprint density at radius 2 is 2.07 bits per heavy atom. The maximum atomic E-state index is 5.65. The van der Waals surface area contributed by atoms with E-state index >= 15 is 0 Å². The van der Waals surface area contributed by atoms with E-state index in [0.29, 0.717) is 5.92 Å². The van der Waals surface area contributed by atoms with Gasteiger partial charge in [0.1, 0.15) is 11.5 Å². The smallest absolute Gasteiger partial charge is 0.122 e. The van der Waals surface area contributed by atoms with E-state index < -0.39 is 0 Å². The largest absolute Gasteiger partial charge is 0.465 e. The van der Waals surface area contributed by atoms with Gasteiger partial charge in [0.2, 0.25) is 0 Å². The zero-order valence-electron chi connectivity index (χ0n) is 9.33. The fourth-order valence-electron chi connectivity index (χ4n) is 2.54. The van der Waals surface area contributed by atoms with Crippen molar-refractivity contribution in [1.29, 1.82) is 0 Å². The predicted octanol–water partition coefficient (Wildman–Crippen LogP) is 2.67. The quantitative estimate of drug-likeness (QED) is 0.593. The van der Waals surface area contributed by atoms with Crippen molar-refractivity contribution in [2.45, 2.75) is 45.1 Å². The molecule has 0 spiro atoms. The number of nitrogens with one attached hydrogen (secondary N) is 1. The summed E-state index contributed by atoms with van der Waals surface area (Å²) < 4.78 is 5.65. The summed E-state index contributed by atoms with van der Waals surface area (Å²) in [7, 11) is 0. The van der Waals surface area contributed by atoms with Gasteiger partial charge in [0.05, 0.1) is 6.04 Å². The third-order valence-electron chi connectivity index (χ3n) is 3.37. The van der Waals surface area contributed by atoms with Gasteiger partial charge in [-0.05, 0) is 37.8 Å². The van der Waals surface area contributed by atoms with Crippen LogP contribution in [0, 0.1) is 12.8 Å². The third kappa shape index (κ3) is 2.41. The molecule has 1 unspecified atom stereocenters. The molecule has 0 saturated heterocycles. The Bertz CT molecular complexity index is 302. The SMILES string of the molecule is Cc1ccc(C(NN)C2CCCCC2)o1. The molecule has 0 aliphatic heterocycles. The minimum absolute atomic E-state index is 0.194. The van der Waals surface area contributed by atoms with Crippen molar-refractivity contribution in [2.75, 3.05) is 0 Å². The van der Waals surface area contributed by atoms with E-state index in [1.54, 1.807) is 0 Å². The van der Waals surface area contributed by atoms with Gasteiger partial charge in [0, 0.05) is 0 Å². The predicted molar refractivity (Wildman–Crippen MR) is 60.1 cm³/mol. The second kappa shape index (κ2) is 4.81.